The standard InChI is InChI=1S/C16H16N2O/c19-16-14(11-17-16)18-15(12-7-3-1-4-8-12)13-9-5-2-6-10-13/h1-10,14-15,18H,11H2,(H,17,19)/t14-/m1/s1. The van der Waals surface area contributed by atoms with Crippen LogP contribution in [0.5, 0.6) is 0 Å². The minimum atomic E-state index is -0.0922. The Morgan fingerprint density at radius 3 is 1.84 bits per heavy atom. The molecule has 0 bridgehead atoms. The lowest BCUT2D eigenvalue weighted by atomic mass is 9.97. The molecule has 0 spiro atoms. The minimum Gasteiger partial charge on any atom is -0.353 e. The third-order valence-electron chi connectivity index (χ3n) is 3.43. The second kappa shape index (κ2) is 5.24. The molecule has 3 nitrogen and oxygen atoms in total. The van der Waals surface area contributed by atoms with E-state index in [2.05, 4.69) is 34.9 Å². The average molecular weight is 252 g/mol. The molecule has 0 aromatic heterocycles. The van der Waals surface area contributed by atoms with E-state index in [0.717, 1.165) is 0 Å². The molecule has 3 rings (SSSR count). The fourth-order valence-corrected chi connectivity index (χ4v) is 2.30. The quantitative estimate of drug-likeness (QED) is 0.816. The molecule has 1 amide bonds. The number of hydrogen-bond acceptors (Lipinski definition) is 2. The molecule has 1 aliphatic heterocycles. The van der Waals surface area contributed by atoms with Crippen LogP contribution in [-0.2, 0) is 4.79 Å². The lowest BCUT2D eigenvalue weighted by Gasteiger charge is -2.31. The van der Waals surface area contributed by atoms with E-state index in [1.807, 2.05) is 36.4 Å². The highest BCUT2D eigenvalue weighted by molar-refractivity contribution is 5.87. The molecule has 96 valence electrons. The highest BCUT2D eigenvalue weighted by Crippen LogP contribution is 2.22. The van der Waals surface area contributed by atoms with Crippen molar-refractivity contribution in [2.45, 2.75) is 12.1 Å². The summed E-state index contributed by atoms with van der Waals surface area (Å²) in [5, 5.41) is 6.19. The highest BCUT2D eigenvalue weighted by Gasteiger charge is 2.30. The maximum atomic E-state index is 11.5. The topological polar surface area (TPSA) is 41.1 Å². The summed E-state index contributed by atoms with van der Waals surface area (Å²) in [5.41, 5.74) is 2.35. The summed E-state index contributed by atoms with van der Waals surface area (Å²) in [6.45, 7) is 0.703. The van der Waals surface area contributed by atoms with Gasteiger partial charge in [0.25, 0.3) is 0 Å². The number of carbonyl (C=O) groups excluding carboxylic acids is 1. The summed E-state index contributed by atoms with van der Waals surface area (Å²) in [6, 6.07) is 20.4. The van der Waals surface area contributed by atoms with Gasteiger partial charge in [-0.1, -0.05) is 60.7 Å². The van der Waals surface area contributed by atoms with Crippen LogP contribution < -0.4 is 10.6 Å². The molecule has 2 aromatic carbocycles. The predicted octanol–water partition coefficient (Wildman–Crippen LogP) is 1.86. The zero-order chi connectivity index (χ0) is 13.1. The number of rotatable bonds is 4. The Bertz CT molecular complexity index is 514. The Labute approximate surface area is 112 Å². The molecule has 0 saturated carbocycles. The maximum Gasteiger partial charge on any atom is 0.239 e. The molecule has 2 N–H and O–H groups in total. The van der Waals surface area contributed by atoms with Crippen molar-refractivity contribution in [3.63, 3.8) is 0 Å². The van der Waals surface area contributed by atoms with Crippen molar-refractivity contribution in [1.82, 2.24) is 10.6 Å². The Morgan fingerprint density at radius 2 is 1.47 bits per heavy atom. The largest absolute Gasteiger partial charge is 0.353 e. The van der Waals surface area contributed by atoms with Crippen LogP contribution in [0.4, 0.5) is 0 Å². The Balaban J connectivity index is 1.89. The Kier molecular flexibility index (Phi) is 3.29. The first kappa shape index (κ1) is 11.9. The molecule has 0 radical (unpaired) electrons. The van der Waals surface area contributed by atoms with Crippen LogP contribution in [0, 0.1) is 0 Å². The first-order valence-electron chi connectivity index (χ1n) is 6.48. The lowest BCUT2D eigenvalue weighted by Crippen LogP contribution is -2.61. The van der Waals surface area contributed by atoms with Gasteiger partial charge in [-0.3, -0.25) is 10.1 Å². The van der Waals surface area contributed by atoms with Crippen molar-refractivity contribution < 1.29 is 4.79 Å². The molecular formula is C16H16N2O. The molecule has 1 fully saturated rings. The molecule has 1 saturated heterocycles. The number of benzene rings is 2. The van der Waals surface area contributed by atoms with E-state index in [-0.39, 0.29) is 18.0 Å². The van der Waals surface area contributed by atoms with Crippen LogP contribution >= 0.6 is 0 Å². The summed E-state index contributed by atoms with van der Waals surface area (Å²) in [7, 11) is 0. The van der Waals surface area contributed by atoms with E-state index in [1.54, 1.807) is 0 Å². The van der Waals surface area contributed by atoms with E-state index in [9.17, 15) is 4.79 Å². The SMILES string of the molecule is O=C1NC[C@H]1NC(c1ccccc1)c1ccccc1. The van der Waals surface area contributed by atoms with Crippen LogP contribution in [0.2, 0.25) is 0 Å². The molecule has 0 aliphatic carbocycles. The molecule has 1 aliphatic rings. The average Bonchev–Trinajstić information content (AvgIpc) is 2.48. The number of carbonyl (C=O) groups is 1. The fourth-order valence-electron chi connectivity index (χ4n) is 2.30. The molecule has 1 heterocycles. The van der Waals surface area contributed by atoms with Crippen molar-refractivity contribution in [3.05, 3.63) is 71.8 Å². The molecule has 2 aromatic rings. The van der Waals surface area contributed by atoms with E-state index in [0.29, 0.717) is 6.54 Å². The zero-order valence-corrected chi connectivity index (χ0v) is 10.5. The summed E-state index contributed by atoms with van der Waals surface area (Å²) in [5.74, 6) is 0.0804. The first-order valence-corrected chi connectivity index (χ1v) is 6.48. The Morgan fingerprint density at radius 1 is 0.947 bits per heavy atom. The van der Waals surface area contributed by atoms with E-state index >= 15 is 0 Å². The number of hydrogen-bond donors (Lipinski definition) is 2. The molecule has 19 heavy (non-hydrogen) atoms. The van der Waals surface area contributed by atoms with Gasteiger partial charge >= 0.3 is 0 Å². The second-order valence-corrected chi connectivity index (χ2v) is 4.72. The highest BCUT2D eigenvalue weighted by atomic mass is 16.2. The van der Waals surface area contributed by atoms with Gasteiger partial charge in [-0.25, -0.2) is 0 Å². The predicted molar refractivity (Wildman–Crippen MR) is 74.7 cm³/mol. The summed E-state index contributed by atoms with van der Waals surface area (Å²) in [4.78, 5) is 11.5. The van der Waals surface area contributed by atoms with Crippen LogP contribution in [0.1, 0.15) is 17.2 Å². The fraction of sp³-hybridized carbons (Fsp3) is 0.188. The second-order valence-electron chi connectivity index (χ2n) is 4.72. The third-order valence-corrected chi connectivity index (χ3v) is 3.43. The van der Waals surface area contributed by atoms with Gasteiger partial charge in [0.2, 0.25) is 5.91 Å². The smallest absolute Gasteiger partial charge is 0.239 e. The van der Waals surface area contributed by atoms with Crippen molar-refractivity contribution >= 4 is 5.91 Å². The summed E-state index contributed by atoms with van der Waals surface area (Å²) >= 11 is 0. The zero-order valence-electron chi connectivity index (χ0n) is 10.5. The summed E-state index contributed by atoms with van der Waals surface area (Å²) < 4.78 is 0. The molecular weight excluding hydrogens is 236 g/mol. The van der Waals surface area contributed by atoms with E-state index in [4.69, 9.17) is 0 Å². The van der Waals surface area contributed by atoms with Crippen molar-refractivity contribution in [1.29, 1.82) is 0 Å². The van der Waals surface area contributed by atoms with Gasteiger partial charge < -0.3 is 5.32 Å². The lowest BCUT2D eigenvalue weighted by molar-refractivity contribution is -0.128. The summed E-state index contributed by atoms with van der Waals surface area (Å²) in [6.07, 6.45) is 0. The number of β-lactam (4-membered cyclic amide) rings is 1. The normalized spacial score (nSPS) is 17.9. The van der Waals surface area contributed by atoms with Crippen LogP contribution in [0.15, 0.2) is 60.7 Å². The van der Waals surface area contributed by atoms with Gasteiger partial charge in [0.05, 0.1) is 6.04 Å². The van der Waals surface area contributed by atoms with Crippen LogP contribution in [0.25, 0.3) is 0 Å². The monoisotopic (exact) mass is 252 g/mol. The van der Waals surface area contributed by atoms with Crippen molar-refractivity contribution in [3.8, 4) is 0 Å². The first-order chi connectivity index (χ1) is 9.34. The van der Waals surface area contributed by atoms with Gasteiger partial charge in [-0.2, -0.15) is 0 Å². The van der Waals surface area contributed by atoms with Gasteiger partial charge in [0.1, 0.15) is 6.04 Å². The van der Waals surface area contributed by atoms with Gasteiger partial charge in [0, 0.05) is 6.54 Å². The minimum absolute atomic E-state index is 0.0541. The van der Waals surface area contributed by atoms with Crippen molar-refractivity contribution in [2.75, 3.05) is 6.54 Å². The van der Waals surface area contributed by atoms with Gasteiger partial charge in [-0.05, 0) is 11.1 Å². The molecule has 3 heteroatoms. The van der Waals surface area contributed by atoms with Crippen molar-refractivity contribution in [2.24, 2.45) is 0 Å². The number of nitrogens with one attached hydrogen (secondary N) is 2. The van der Waals surface area contributed by atoms with Gasteiger partial charge in [-0.15, -0.1) is 0 Å². The Hall–Kier alpha value is -2.13. The number of amides is 1. The van der Waals surface area contributed by atoms with Crippen LogP contribution in [-0.4, -0.2) is 18.5 Å². The molecule has 0 unspecified atom stereocenters. The van der Waals surface area contributed by atoms with E-state index in [1.165, 1.54) is 11.1 Å². The third kappa shape index (κ3) is 2.51. The molecule has 1 atom stereocenters. The van der Waals surface area contributed by atoms with Gasteiger partial charge in [0.15, 0.2) is 0 Å². The van der Waals surface area contributed by atoms with E-state index < -0.39 is 0 Å². The maximum absolute atomic E-state index is 11.5. The van der Waals surface area contributed by atoms with Crippen LogP contribution in [0.3, 0.4) is 0 Å².